The summed E-state index contributed by atoms with van der Waals surface area (Å²) < 4.78 is 1.88. The highest BCUT2D eigenvalue weighted by molar-refractivity contribution is 5.89. The number of amides is 2. The molecule has 1 heterocycles. The van der Waals surface area contributed by atoms with Gasteiger partial charge in [-0.3, -0.25) is 0 Å². The van der Waals surface area contributed by atoms with E-state index in [1.165, 1.54) is 0 Å². The molecule has 134 valence electrons. The normalized spacial score (nSPS) is 14.1. The van der Waals surface area contributed by atoms with Crippen LogP contribution < -0.4 is 10.6 Å². The highest BCUT2D eigenvalue weighted by Gasteiger charge is 2.28. The number of nitrogens with one attached hydrogen (secondary N) is 2. The van der Waals surface area contributed by atoms with Gasteiger partial charge >= 0.3 is 6.03 Å². The number of benzene rings is 1. The zero-order chi connectivity index (χ0) is 17.8. The van der Waals surface area contributed by atoms with Crippen LogP contribution in [0.25, 0.3) is 11.4 Å². The van der Waals surface area contributed by atoms with E-state index in [0.29, 0.717) is 18.6 Å². The lowest BCUT2D eigenvalue weighted by molar-refractivity contribution is 0.244. The molecule has 8 nitrogen and oxygen atoms in total. The molecule has 0 atom stereocenters. The van der Waals surface area contributed by atoms with E-state index in [0.717, 1.165) is 36.5 Å². The maximum atomic E-state index is 12.0. The summed E-state index contributed by atoms with van der Waals surface area (Å²) in [6.45, 7) is 5.67. The summed E-state index contributed by atoms with van der Waals surface area (Å²) in [6.07, 6.45) is 2.26. The van der Waals surface area contributed by atoms with E-state index >= 15 is 0 Å². The maximum absolute atomic E-state index is 12.0. The van der Waals surface area contributed by atoms with Crippen LogP contribution in [0.4, 0.5) is 10.5 Å². The Labute approximate surface area is 147 Å². The molecule has 0 radical (unpaired) electrons. The Morgan fingerprint density at radius 3 is 2.68 bits per heavy atom. The summed E-state index contributed by atoms with van der Waals surface area (Å²) in [5, 5.41) is 17.6. The summed E-state index contributed by atoms with van der Waals surface area (Å²) in [5.74, 6) is 0.773. The number of carbonyl (C=O) groups is 1. The molecule has 0 unspecified atom stereocenters. The van der Waals surface area contributed by atoms with Crippen LogP contribution in [0.5, 0.6) is 0 Å². The first-order valence-electron chi connectivity index (χ1n) is 8.68. The van der Waals surface area contributed by atoms with Gasteiger partial charge in [0, 0.05) is 30.4 Å². The molecule has 1 aromatic carbocycles. The van der Waals surface area contributed by atoms with Crippen LogP contribution in [0.15, 0.2) is 24.3 Å². The van der Waals surface area contributed by atoms with E-state index in [9.17, 15) is 4.79 Å². The summed E-state index contributed by atoms with van der Waals surface area (Å²) in [5.41, 5.74) is 1.69. The number of nitrogens with zero attached hydrogens (tertiary/aromatic N) is 5. The average molecular weight is 343 g/mol. The van der Waals surface area contributed by atoms with Crippen LogP contribution in [0.1, 0.15) is 32.7 Å². The molecule has 1 aliphatic carbocycles. The van der Waals surface area contributed by atoms with E-state index in [2.05, 4.69) is 44.9 Å². The van der Waals surface area contributed by atoms with Crippen molar-refractivity contribution in [1.82, 2.24) is 30.4 Å². The molecule has 25 heavy (non-hydrogen) atoms. The predicted octanol–water partition coefficient (Wildman–Crippen LogP) is 2.14. The van der Waals surface area contributed by atoms with Crippen molar-refractivity contribution in [3.05, 3.63) is 24.3 Å². The molecular weight excluding hydrogens is 318 g/mol. The Bertz CT molecular complexity index is 706. The minimum Gasteiger partial charge on any atom is -0.337 e. The summed E-state index contributed by atoms with van der Waals surface area (Å²) >= 11 is 0. The average Bonchev–Trinajstić information content (AvgIpc) is 3.32. The van der Waals surface area contributed by atoms with Gasteiger partial charge in [-0.25, -0.2) is 9.48 Å². The molecule has 1 aromatic heterocycles. The Morgan fingerprint density at radius 2 is 2.04 bits per heavy atom. The van der Waals surface area contributed by atoms with Crippen molar-refractivity contribution in [2.24, 2.45) is 0 Å². The second-order valence-electron chi connectivity index (χ2n) is 6.71. The van der Waals surface area contributed by atoms with Crippen molar-refractivity contribution in [3.8, 4) is 11.4 Å². The highest BCUT2D eigenvalue weighted by Crippen LogP contribution is 2.36. The number of rotatable bonds is 7. The number of aromatic nitrogens is 4. The zero-order valence-electron chi connectivity index (χ0n) is 14.9. The fourth-order valence-corrected chi connectivity index (χ4v) is 2.43. The topological polar surface area (TPSA) is 88.0 Å². The lowest BCUT2D eigenvalue weighted by Crippen LogP contribution is -2.37. The summed E-state index contributed by atoms with van der Waals surface area (Å²) in [4.78, 5) is 14.1. The number of urea groups is 1. The molecule has 8 heteroatoms. The van der Waals surface area contributed by atoms with Crippen LogP contribution in [-0.2, 0) is 0 Å². The molecule has 0 spiro atoms. The van der Waals surface area contributed by atoms with Gasteiger partial charge in [0.1, 0.15) is 0 Å². The monoisotopic (exact) mass is 343 g/mol. The van der Waals surface area contributed by atoms with Crippen LogP contribution in [0.3, 0.4) is 0 Å². The van der Waals surface area contributed by atoms with Crippen molar-refractivity contribution in [3.63, 3.8) is 0 Å². The van der Waals surface area contributed by atoms with Crippen molar-refractivity contribution < 1.29 is 4.79 Å². The Balaban J connectivity index is 1.52. The Kier molecular flexibility index (Phi) is 5.28. The van der Waals surface area contributed by atoms with Crippen LogP contribution >= 0.6 is 0 Å². The second kappa shape index (κ2) is 7.60. The van der Waals surface area contributed by atoms with Crippen LogP contribution in [0, 0.1) is 0 Å². The van der Waals surface area contributed by atoms with Gasteiger partial charge in [-0.05, 0) is 68.4 Å². The third-order valence-electron chi connectivity index (χ3n) is 4.42. The fourth-order valence-electron chi connectivity index (χ4n) is 2.43. The number of likely N-dealkylation sites (N-methyl/N-ethyl adjacent to an activating group) is 1. The molecule has 2 N–H and O–H groups in total. The lowest BCUT2D eigenvalue weighted by Gasteiger charge is -2.20. The molecule has 0 bridgehead atoms. The number of hydrogen-bond donors (Lipinski definition) is 2. The van der Waals surface area contributed by atoms with Crippen LogP contribution in [-0.4, -0.2) is 57.3 Å². The molecule has 1 saturated carbocycles. The van der Waals surface area contributed by atoms with Crippen molar-refractivity contribution in [2.75, 3.05) is 25.5 Å². The van der Waals surface area contributed by atoms with E-state index in [4.69, 9.17) is 0 Å². The Hall–Kier alpha value is -2.48. The number of tetrazole rings is 1. The molecule has 2 aromatic rings. The van der Waals surface area contributed by atoms with Crippen LogP contribution in [0.2, 0.25) is 0 Å². The highest BCUT2D eigenvalue weighted by atomic mass is 16.2. The fraction of sp³-hybridized carbons (Fsp3) is 0.529. The smallest absolute Gasteiger partial charge is 0.319 e. The quantitative estimate of drug-likeness (QED) is 0.804. The lowest BCUT2D eigenvalue weighted by atomic mass is 10.2. The third-order valence-corrected chi connectivity index (χ3v) is 4.42. The number of hydrogen-bond acceptors (Lipinski definition) is 5. The summed E-state index contributed by atoms with van der Waals surface area (Å²) in [7, 11) is 2.04. The Morgan fingerprint density at radius 1 is 1.32 bits per heavy atom. The molecule has 3 rings (SSSR count). The van der Waals surface area contributed by atoms with E-state index in [1.54, 1.807) is 0 Å². The van der Waals surface area contributed by atoms with Gasteiger partial charge in [-0.15, -0.1) is 5.10 Å². The third kappa shape index (κ3) is 4.54. The molecule has 1 aliphatic rings. The van der Waals surface area contributed by atoms with Gasteiger partial charge in [0.2, 0.25) is 0 Å². The summed E-state index contributed by atoms with van der Waals surface area (Å²) in [6, 6.07) is 8.26. The van der Waals surface area contributed by atoms with Gasteiger partial charge in [-0.1, -0.05) is 0 Å². The standard InChI is InChI=1S/C17H25N7O/c1-12(2)23(3)11-10-18-17(25)19-14-6-4-13(5-7-14)16-20-21-22-24(16)15-8-9-15/h4-7,12,15H,8-11H2,1-3H3,(H2,18,19,25). The zero-order valence-corrected chi connectivity index (χ0v) is 14.9. The second-order valence-corrected chi connectivity index (χ2v) is 6.71. The minimum absolute atomic E-state index is 0.201. The molecule has 1 fully saturated rings. The van der Waals surface area contributed by atoms with Gasteiger partial charge in [-0.2, -0.15) is 0 Å². The minimum atomic E-state index is -0.201. The molecular formula is C17H25N7O. The van der Waals surface area contributed by atoms with Crippen molar-refractivity contribution in [2.45, 2.75) is 38.8 Å². The van der Waals surface area contributed by atoms with Gasteiger partial charge < -0.3 is 15.5 Å². The number of carbonyl (C=O) groups excluding carboxylic acids is 1. The molecule has 0 saturated heterocycles. The first kappa shape index (κ1) is 17.3. The maximum Gasteiger partial charge on any atom is 0.319 e. The van der Waals surface area contributed by atoms with E-state index in [-0.39, 0.29) is 6.03 Å². The predicted molar refractivity (Wildman–Crippen MR) is 96.3 cm³/mol. The number of anilines is 1. The van der Waals surface area contributed by atoms with Crippen molar-refractivity contribution >= 4 is 11.7 Å². The van der Waals surface area contributed by atoms with Gasteiger partial charge in [0.05, 0.1) is 6.04 Å². The molecule has 2 amide bonds. The SMILES string of the molecule is CC(C)N(C)CCNC(=O)Nc1ccc(-c2nnnn2C2CC2)cc1. The van der Waals surface area contributed by atoms with Gasteiger partial charge in [0.15, 0.2) is 5.82 Å². The first-order chi connectivity index (χ1) is 12.0. The van der Waals surface area contributed by atoms with Gasteiger partial charge in [0.25, 0.3) is 0 Å². The first-order valence-corrected chi connectivity index (χ1v) is 8.68. The largest absolute Gasteiger partial charge is 0.337 e. The van der Waals surface area contributed by atoms with E-state index < -0.39 is 0 Å². The van der Waals surface area contributed by atoms with Crippen molar-refractivity contribution in [1.29, 1.82) is 0 Å². The molecule has 0 aliphatic heterocycles. The van der Waals surface area contributed by atoms with E-state index in [1.807, 2.05) is 36.0 Å².